The van der Waals surface area contributed by atoms with Crippen molar-refractivity contribution in [2.45, 2.75) is 20.3 Å². The van der Waals surface area contributed by atoms with Gasteiger partial charge in [-0.25, -0.2) is 0 Å². The van der Waals surface area contributed by atoms with Crippen molar-refractivity contribution in [3.63, 3.8) is 0 Å². The third kappa shape index (κ3) is 2.05. The van der Waals surface area contributed by atoms with Crippen LogP contribution in [0.3, 0.4) is 0 Å². The number of aromatic nitrogens is 1. The van der Waals surface area contributed by atoms with Gasteiger partial charge in [-0.3, -0.25) is 4.68 Å². The van der Waals surface area contributed by atoms with Crippen LogP contribution in [0.5, 0.6) is 0 Å². The van der Waals surface area contributed by atoms with Gasteiger partial charge in [-0.2, -0.15) is 0 Å². The second-order valence-corrected chi connectivity index (χ2v) is 5.94. The number of rotatable bonds is 3. The van der Waals surface area contributed by atoms with Crippen molar-refractivity contribution in [2.24, 2.45) is 0 Å². The van der Waals surface area contributed by atoms with Crippen LogP contribution >= 0.6 is 0 Å². The van der Waals surface area contributed by atoms with Gasteiger partial charge in [0, 0.05) is 21.7 Å². The maximum Gasteiger partial charge on any atom is 0.136 e. The van der Waals surface area contributed by atoms with Crippen LogP contribution in [0.1, 0.15) is 31.6 Å². The summed E-state index contributed by atoms with van der Waals surface area (Å²) < 4.78 is 7.89. The fourth-order valence-electron chi connectivity index (χ4n) is 3.31. The molecule has 0 spiro atoms. The lowest BCUT2D eigenvalue weighted by Crippen LogP contribution is -2.06. The second kappa shape index (κ2) is 5.60. The van der Waals surface area contributed by atoms with Crippen molar-refractivity contribution < 1.29 is 4.42 Å². The van der Waals surface area contributed by atoms with E-state index in [-0.39, 0.29) is 0 Å². The highest BCUT2D eigenvalue weighted by Crippen LogP contribution is 2.35. The van der Waals surface area contributed by atoms with E-state index >= 15 is 0 Å². The van der Waals surface area contributed by atoms with Crippen molar-refractivity contribution in [3.8, 4) is 0 Å². The van der Waals surface area contributed by atoms with E-state index < -0.39 is 0 Å². The first-order chi connectivity index (χ1) is 11.7. The highest BCUT2D eigenvalue weighted by atomic mass is 16.3. The molecule has 0 radical (unpaired) electrons. The van der Waals surface area contributed by atoms with Gasteiger partial charge in [-0.15, -0.1) is 0 Å². The Balaban J connectivity index is 2.11. The number of hydrogen-bond donors (Lipinski definition) is 1. The lowest BCUT2D eigenvalue weighted by atomic mass is 10.1. The van der Waals surface area contributed by atoms with Gasteiger partial charge in [0.15, 0.2) is 0 Å². The number of nitrogens with two attached hydrogens (primary N) is 1. The molecule has 0 saturated heterocycles. The van der Waals surface area contributed by atoms with E-state index in [0.29, 0.717) is 0 Å². The van der Waals surface area contributed by atoms with Gasteiger partial charge >= 0.3 is 0 Å². The summed E-state index contributed by atoms with van der Waals surface area (Å²) in [5, 5.41) is 3.35. The molecule has 0 aliphatic carbocycles. The second-order valence-electron chi connectivity index (χ2n) is 5.94. The van der Waals surface area contributed by atoms with Crippen LogP contribution in [0.2, 0.25) is 0 Å². The number of hydrogen-bond acceptors (Lipinski definition) is 2. The standard InChI is InChI=1S/C21H20N2O/c1-3-5-11-20-15(8-4-2)17-12-19-16(13-21(17)24-20)14-9-6-7-10-18(14)23(19)22/h4-13H,3,22H2,1-2H3. The van der Waals surface area contributed by atoms with Crippen LogP contribution in [-0.4, -0.2) is 4.68 Å². The Morgan fingerprint density at radius 3 is 2.67 bits per heavy atom. The van der Waals surface area contributed by atoms with Gasteiger partial charge in [0.1, 0.15) is 11.3 Å². The molecule has 4 rings (SSSR count). The lowest BCUT2D eigenvalue weighted by Gasteiger charge is -1.98. The van der Waals surface area contributed by atoms with Gasteiger partial charge in [0.05, 0.1) is 11.0 Å². The zero-order valence-electron chi connectivity index (χ0n) is 13.9. The summed E-state index contributed by atoms with van der Waals surface area (Å²) in [6.45, 7) is 4.14. The molecule has 0 saturated carbocycles. The molecule has 2 aromatic heterocycles. The Morgan fingerprint density at radius 1 is 1.04 bits per heavy atom. The van der Waals surface area contributed by atoms with Crippen LogP contribution in [0.15, 0.2) is 53.0 Å². The van der Waals surface area contributed by atoms with E-state index in [1.165, 1.54) is 0 Å². The lowest BCUT2D eigenvalue weighted by molar-refractivity contribution is 0.603. The molecule has 0 aliphatic rings. The Hall–Kier alpha value is -2.94. The first-order valence-electron chi connectivity index (χ1n) is 8.28. The molecule has 0 bridgehead atoms. The highest BCUT2D eigenvalue weighted by molar-refractivity contribution is 6.13. The molecular weight excluding hydrogens is 296 g/mol. The van der Waals surface area contributed by atoms with Crippen molar-refractivity contribution in [2.75, 3.05) is 5.84 Å². The molecule has 0 fully saturated rings. The third-order valence-electron chi connectivity index (χ3n) is 4.42. The smallest absolute Gasteiger partial charge is 0.136 e. The van der Waals surface area contributed by atoms with Crippen molar-refractivity contribution in [3.05, 3.63) is 59.9 Å². The van der Waals surface area contributed by atoms with E-state index in [9.17, 15) is 0 Å². The number of allylic oxidation sites excluding steroid dienone is 2. The van der Waals surface area contributed by atoms with Gasteiger partial charge in [0.2, 0.25) is 0 Å². The maximum absolute atomic E-state index is 6.33. The SMILES string of the molecule is CC=Cc1c(C=CCC)oc2cc3c4ccccc4n(N)c3cc12. The average molecular weight is 316 g/mol. The van der Waals surface area contributed by atoms with Crippen molar-refractivity contribution in [1.82, 2.24) is 4.68 Å². The predicted molar refractivity (Wildman–Crippen MR) is 103 cm³/mol. The summed E-state index contributed by atoms with van der Waals surface area (Å²) in [5.41, 5.74) is 4.03. The summed E-state index contributed by atoms with van der Waals surface area (Å²) in [4.78, 5) is 0. The summed E-state index contributed by atoms with van der Waals surface area (Å²) in [7, 11) is 0. The molecular formula is C21H20N2O. The van der Waals surface area contributed by atoms with Gasteiger partial charge in [0.25, 0.3) is 0 Å². The minimum absolute atomic E-state index is 0.891. The monoisotopic (exact) mass is 316 g/mol. The molecule has 3 heteroatoms. The quantitative estimate of drug-likeness (QED) is 0.492. The normalized spacial score (nSPS) is 12.6. The van der Waals surface area contributed by atoms with Gasteiger partial charge in [-0.1, -0.05) is 43.4 Å². The molecule has 0 atom stereocenters. The first kappa shape index (κ1) is 14.6. The minimum Gasteiger partial charge on any atom is -0.456 e. The molecule has 2 heterocycles. The molecule has 0 amide bonds. The zero-order valence-corrected chi connectivity index (χ0v) is 13.9. The molecule has 2 aromatic carbocycles. The average Bonchev–Trinajstić information content (AvgIpc) is 3.08. The number of fused-ring (bicyclic) bond motifs is 4. The number of nitrogen functional groups attached to an aromatic ring is 1. The Labute approximate surface area is 140 Å². The summed E-state index contributed by atoms with van der Waals surface area (Å²) in [5.74, 6) is 7.22. The van der Waals surface area contributed by atoms with E-state index in [1.807, 2.05) is 31.2 Å². The molecule has 24 heavy (non-hydrogen) atoms. The molecule has 2 N–H and O–H groups in total. The zero-order chi connectivity index (χ0) is 16.7. The number of para-hydroxylation sites is 1. The molecule has 120 valence electrons. The number of nitrogens with zero attached hydrogens (tertiary/aromatic N) is 1. The summed E-state index contributed by atoms with van der Waals surface area (Å²) >= 11 is 0. The molecule has 4 aromatic rings. The minimum atomic E-state index is 0.891. The van der Waals surface area contributed by atoms with E-state index in [1.54, 1.807) is 4.68 Å². The molecule has 3 nitrogen and oxygen atoms in total. The van der Waals surface area contributed by atoms with E-state index in [0.717, 1.165) is 50.5 Å². The summed E-state index contributed by atoms with van der Waals surface area (Å²) in [6, 6.07) is 12.4. The largest absolute Gasteiger partial charge is 0.456 e. The Morgan fingerprint density at radius 2 is 1.88 bits per heavy atom. The van der Waals surface area contributed by atoms with E-state index in [2.05, 4.69) is 43.4 Å². The highest BCUT2D eigenvalue weighted by Gasteiger charge is 2.15. The predicted octanol–water partition coefficient (Wildman–Crippen LogP) is 5.71. The fraction of sp³-hybridized carbons (Fsp3) is 0.143. The molecule has 0 aliphatic heterocycles. The van der Waals surface area contributed by atoms with Crippen LogP contribution in [0.4, 0.5) is 0 Å². The van der Waals surface area contributed by atoms with Gasteiger partial charge in [-0.05, 0) is 37.6 Å². The third-order valence-corrected chi connectivity index (χ3v) is 4.42. The Kier molecular flexibility index (Phi) is 3.42. The Bertz CT molecular complexity index is 1110. The van der Waals surface area contributed by atoms with Crippen LogP contribution in [0.25, 0.3) is 44.9 Å². The maximum atomic E-state index is 6.33. The van der Waals surface area contributed by atoms with Crippen LogP contribution in [0, 0.1) is 0 Å². The molecule has 0 unspecified atom stereocenters. The number of benzene rings is 2. The first-order valence-corrected chi connectivity index (χ1v) is 8.28. The fourth-order valence-corrected chi connectivity index (χ4v) is 3.31. The summed E-state index contributed by atoms with van der Waals surface area (Å²) in [6.07, 6.45) is 9.27. The van der Waals surface area contributed by atoms with Crippen LogP contribution in [-0.2, 0) is 0 Å². The van der Waals surface area contributed by atoms with Gasteiger partial charge < -0.3 is 10.3 Å². The van der Waals surface area contributed by atoms with E-state index in [4.69, 9.17) is 10.3 Å². The van der Waals surface area contributed by atoms with Crippen LogP contribution < -0.4 is 5.84 Å². The topological polar surface area (TPSA) is 44.1 Å². The van der Waals surface area contributed by atoms with Crippen molar-refractivity contribution in [1.29, 1.82) is 0 Å². The van der Waals surface area contributed by atoms with Crippen molar-refractivity contribution >= 4 is 44.9 Å². The number of furan rings is 1.